The number of oxazole rings is 1. The number of hydrogen-bond donors (Lipinski definition) is 0. The lowest BCUT2D eigenvalue weighted by Gasteiger charge is -1.87. The van der Waals surface area contributed by atoms with Crippen molar-refractivity contribution in [3.05, 3.63) is 27.7 Å². The van der Waals surface area contributed by atoms with Crippen molar-refractivity contribution in [2.24, 2.45) is 0 Å². The summed E-state index contributed by atoms with van der Waals surface area (Å²) < 4.78 is 6.26. The van der Waals surface area contributed by atoms with Gasteiger partial charge in [-0.15, -0.1) is 0 Å². The second kappa shape index (κ2) is 3.10. The monoisotopic (exact) mass is 287 g/mol. The van der Waals surface area contributed by atoms with Gasteiger partial charge in [0.05, 0.1) is 3.57 Å². The molecule has 0 aliphatic rings. The highest BCUT2D eigenvalue weighted by Crippen LogP contribution is 2.21. The highest BCUT2D eigenvalue weighted by Gasteiger charge is 2.10. The molecule has 13 heavy (non-hydrogen) atoms. The molecule has 0 N–H and O–H groups in total. The number of nitrogens with zero attached hydrogens (tertiary/aromatic N) is 1. The van der Waals surface area contributed by atoms with Crippen LogP contribution in [0.3, 0.4) is 0 Å². The summed E-state index contributed by atoms with van der Waals surface area (Å²) >= 11 is 2.15. The average molecular weight is 287 g/mol. The summed E-state index contributed by atoms with van der Waals surface area (Å²) in [5.41, 5.74) is 1.42. The predicted molar refractivity (Wildman–Crippen MR) is 56.7 cm³/mol. The van der Waals surface area contributed by atoms with Crippen LogP contribution in [-0.2, 0) is 0 Å². The van der Waals surface area contributed by atoms with E-state index in [1.165, 1.54) is 6.92 Å². The van der Waals surface area contributed by atoms with Gasteiger partial charge in [0.1, 0.15) is 5.52 Å². The maximum atomic E-state index is 11.0. The summed E-state index contributed by atoms with van der Waals surface area (Å²) in [6.07, 6.45) is 0. The van der Waals surface area contributed by atoms with E-state index in [9.17, 15) is 4.79 Å². The van der Waals surface area contributed by atoms with E-state index in [1.807, 2.05) is 18.2 Å². The normalized spacial score (nSPS) is 10.6. The van der Waals surface area contributed by atoms with Crippen molar-refractivity contribution in [2.75, 3.05) is 0 Å². The fourth-order valence-electron chi connectivity index (χ4n) is 1.07. The molecule has 0 amide bonds. The minimum absolute atomic E-state index is 0.146. The van der Waals surface area contributed by atoms with Crippen molar-refractivity contribution in [3.63, 3.8) is 0 Å². The first-order chi connectivity index (χ1) is 6.18. The van der Waals surface area contributed by atoms with Gasteiger partial charge in [0.2, 0.25) is 5.78 Å². The summed E-state index contributed by atoms with van der Waals surface area (Å²) in [6.45, 7) is 1.44. The van der Waals surface area contributed by atoms with Crippen molar-refractivity contribution < 1.29 is 9.21 Å². The molecule has 0 aliphatic heterocycles. The maximum Gasteiger partial charge on any atom is 0.263 e. The third-order valence-corrected chi connectivity index (χ3v) is 2.52. The van der Waals surface area contributed by atoms with Crippen molar-refractivity contribution in [2.45, 2.75) is 6.92 Å². The van der Waals surface area contributed by atoms with Crippen LogP contribution in [0.1, 0.15) is 17.6 Å². The second-order valence-electron chi connectivity index (χ2n) is 2.66. The molecule has 0 radical (unpaired) electrons. The lowest BCUT2D eigenvalue weighted by molar-refractivity contribution is 0.0983. The number of carbonyl (C=O) groups excluding carboxylic acids is 1. The summed E-state index contributed by atoms with van der Waals surface area (Å²) in [6, 6.07) is 5.63. The first kappa shape index (κ1) is 8.68. The van der Waals surface area contributed by atoms with E-state index in [2.05, 4.69) is 27.6 Å². The molecule has 2 rings (SSSR count). The van der Waals surface area contributed by atoms with E-state index in [0.717, 1.165) is 9.09 Å². The minimum atomic E-state index is -0.146. The van der Waals surface area contributed by atoms with Crippen LogP contribution >= 0.6 is 22.6 Å². The van der Waals surface area contributed by atoms with Gasteiger partial charge in [-0.25, -0.2) is 4.98 Å². The lowest BCUT2D eigenvalue weighted by Crippen LogP contribution is -1.89. The van der Waals surface area contributed by atoms with E-state index >= 15 is 0 Å². The predicted octanol–water partition coefficient (Wildman–Crippen LogP) is 2.64. The van der Waals surface area contributed by atoms with Gasteiger partial charge >= 0.3 is 0 Å². The molecular formula is C9H6INO2. The molecule has 0 saturated carbocycles. The minimum Gasteiger partial charge on any atom is -0.433 e. The lowest BCUT2D eigenvalue weighted by atomic mass is 10.3. The van der Waals surface area contributed by atoms with Crippen molar-refractivity contribution in [1.82, 2.24) is 4.98 Å². The van der Waals surface area contributed by atoms with E-state index in [4.69, 9.17) is 4.42 Å². The fourth-order valence-corrected chi connectivity index (χ4v) is 1.66. The zero-order chi connectivity index (χ0) is 9.42. The fraction of sp³-hybridized carbons (Fsp3) is 0.111. The Morgan fingerprint density at radius 1 is 1.54 bits per heavy atom. The van der Waals surface area contributed by atoms with Gasteiger partial charge in [0, 0.05) is 6.92 Å². The topological polar surface area (TPSA) is 43.1 Å². The molecule has 0 atom stereocenters. The van der Waals surface area contributed by atoms with Crippen LogP contribution in [0.25, 0.3) is 11.1 Å². The van der Waals surface area contributed by atoms with Gasteiger partial charge in [-0.2, -0.15) is 0 Å². The summed E-state index contributed by atoms with van der Waals surface area (Å²) in [4.78, 5) is 15.0. The number of rotatable bonds is 1. The standard InChI is InChI=1S/C9H6INO2/c1-5(12)9-11-7-4-2-3-6(10)8(7)13-9/h2-4H,1H3. The zero-order valence-electron chi connectivity index (χ0n) is 6.87. The number of Topliss-reactive ketones (excluding diaryl/α,β-unsaturated/α-hetero) is 1. The van der Waals surface area contributed by atoms with E-state index in [0.29, 0.717) is 5.58 Å². The number of para-hydroxylation sites is 1. The van der Waals surface area contributed by atoms with Crippen molar-refractivity contribution >= 4 is 39.5 Å². The van der Waals surface area contributed by atoms with Gasteiger partial charge in [0.15, 0.2) is 5.58 Å². The summed E-state index contributed by atoms with van der Waals surface area (Å²) in [7, 11) is 0. The van der Waals surface area contributed by atoms with Crippen LogP contribution < -0.4 is 0 Å². The number of carbonyl (C=O) groups is 1. The third-order valence-electron chi connectivity index (χ3n) is 1.67. The second-order valence-corrected chi connectivity index (χ2v) is 3.83. The van der Waals surface area contributed by atoms with Gasteiger partial charge in [-0.3, -0.25) is 4.79 Å². The molecule has 0 saturated heterocycles. The number of hydrogen-bond acceptors (Lipinski definition) is 3. The Hall–Kier alpha value is -0.910. The Morgan fingerprint density at radius 3 is 2.92 bits per heavy atom. The highest BCUT2D eigenvalue weighted by atomic mass is 127. The van der Waals surface area contributed by atoms with Crippen molar-refractivity contribution in [1.29, 1.82) is 0 Å². The van der Waals surface area contributed by atoms with Crippen molar-refractivity contribution in [3.8, 4) is 0 Å². The Balaban J connectivity index is 2.75. The Bertz CT molecular complexity index is 475. The van der Waals surface area contributed by atoms with Crippen LogP contribution in [0.4, 0.5) is 0 Å². The molecule has 1 heterocycles. The molecular weight excluding hydrogens is 281 g/mol. The number of fused-ring (bicyclic) bond motifs is 1. The van der Waals surface area contributed by atoms with Gasteiger partial charge in [-0.1, -0.05) is 6.07 Å². The zero-order valence-corrected chi connectivity index (χ0v) is 9.03. The van der Waals surface area contributed by atoms with Gasteiger partial charge < -0.3 is 4.42 Å². The Kier molecular flexibility index (Phi) is 2.07. The molecule has 3 nitrogen and oxygen atoms in total. The molecule has 0 bridgehead atoms. The quantitative estimate of drug-likeness (QED) is 0.598. The van der Waals surface area contributed by atoms with Gasteiger partial charge in [-0.05, 0) is 34.7 Å². The summed E-state index contributed by atoms with van der Waals surface area (Å²) in [5.74, 6) is 0.0334. The molecule has 1 aromatic heterocycles. The number of halogens is 1. The van der Waals surface area contributed by atoms with E-state index in [1.54, 1.807) is 0 Å². The molecule has 0 unspecified atom stereocenters. The SMILES string of the molecule is CC(=O)c1nc2cccc(I)c2o1. The molecule has 66 valence electrons. The molecule has 0 aliphatic carbocycles. The van der Waals surface area contributed by atoms with Crippen LogP contribution in [0, 0.1) is 3.57 Å². The highest BCUT2D eigenvalue weighted by molar-refractivity contribution is 14.1. The van der Waals surface area contributed by atoms with E-state index < -0.39 is 0 Å². The first-order valence-electron chi connectivity index (χ1n) is 3.74. The molecule has 1 aromatic carbocycles. The van der Waals surface area contributed by atoms with Crippen LogP contribution in [-0.4, -0.2) is 10.8 Å². The number of benzene rings is 1. The van der Waals surface area contributed by atoms with Crippen LogP contribution in [0.5, 0.6) is 0 Å². The average Bonchev–Trinajstić information content (AvgIpc) is 2.49. The molecule has 0 fully saturated rings. The molecule has 4 heteroatoms. The number of aromatic nitrogens is 1. The maximum absolute atomic E-state index is 11.0. The van der Waals surface area contributed by atoms with E-state index in [-0.39, 0.29) is 11.7 Å². The Labute approximate surface area is 88.3 Å². The van der Waals surface area contributed by atoms with Gasteiger partial charge in [0.25, 0.3) is 5.89 Å². The molecule has 0 spiro atoms. The van der Waals surface area contributed by atoms with Crippen LogP contribution in [0.2, 0.25) is 0 Å². The first-order valence-corrected chi connectivity index (χ1v) is 4.82. The summed E-state index contributed by atoms with van der Waals surface area (Å²) in [5, 5.41) is 0. The largest absolute Gasteiger partial charge is 0.433 e. The number of ketones is 1. The third kappa shape index (κ3) is 1.46. The smallest absolute Gasteiger partial charge is 0.263 e. The Morgan fingerprint density at radius 2 is 2.31 bits per heavy atom. The molecule has 2 aromatic rings. The van der Waals surface area contributed by atoms with Crippen LogP contribution in [0.15, 0.2) is 22.6 Å².